The Kier molecular flexibility index (Phi) is 3.63. The number of aromatic nitrogens is 1. The molecule has 0 aliphatic heterocycles. The molecule has 1 aromatic rings. The summed E-state index contributed by atoms with van der Waals surface area (Å²) in [4.78, 5) is 16.1. The molecule has 0 saturated heterocycles. The number of rotatable bonds is 4. The lowest BCUT2D eigenvalue weighted by Crippen LogP contribution is -2.28. The fourth-order valence-corrected chi connectivity index (χ4v) is 2.18. The Hall–Kier alpha value is -1.14. The van der Waals surface area contributed by atoms with Gasteiger partial charge in [-0.3, -0.25) is 4.79 Å². The number of hydrazine groups is 1. The van der Waals surface area contributed by atoms with Crippen molar-refractivity contribution in [1.82, 2.24) is 10.3 Å². The standard InChI is InChI=1S/C11H15BrN4O/c1-2-6-3-9(6)15-11(17)8-4-7(12)5-14-10(8)16-13/h4-6,9H,2-3,13H2,1H3,(H,14,16)(H,15,17). The molecule has 1 heterocycles. The maximum atomic E-state index is 12.0. The van der Waals surface area contributed by atoms with E-state index >= 15 is 0 Å². The molecule has 6 heteroatoms. The summed E-state index contributed by atoms with van der Waals surface area (Å²) in [6.45, 7) is 2.13. The van der Waals surface area contributed by atoms with Gasteiger partial charge in [0.1, 0.15) is 0 Å². The van der Waals surface area contributed by atoms with Gasteiger partial charge in [0.15, 0.2) is 5.82 Å². The second-order valence-corrected chi connectivity index (χ2v) is 5.09. The van der Waals surface area contributed by atoms with Crippen molar-refractivity contribution < 1.29 is 4.79 Å². The molecule has 92 valence electrons. The van der Waals surface area contributed by atoms with E-state index in [0.717, 1.165) is 17.3 Å². The van der Waals surface area contributed by atoms with Crippen LogP contribution >= 0.6 is 15.9 Å². The molecule has 0 spiro atoms. The zero-order chi connectivity index (χ0) is 12.4. The van der Waals surface area contributed by atoms with Crippen LogP contribution in [0, 0.1) is 5.92 Å². The summed E-state index contributed by atoms with van der Waals surface area (Å²) in [7, 11) is 0. The molecule has 0 radical (unpaired) electrons. The van der Waals surface area contributed by atoms with Gasteiger partial charge >= 0.3 is 0 Å². The smallest absolute Gasteiger partial charge is 0.255 e. The Bertz CT molecular complexity index is 437. The first-order chi connectivity index (χ1) is 8.15. The summed E-state index contributed by atoms with van der Waals surface area (Å²) in [5.41, 5.74) is 2.89. The van der Waals surface area contributed by atoms with Crippen LogP contribution in [0.25, 0.3) is 0 Å². The normalized spacial score (nSPS) is 22.1. The molecule has 5 nitrogen and oxygen atoms in total. The molecule has 1 fully saturated rings. The molecule has 17 heavy (non-hydrogen) atoms. The molecule has 1 saturated carbocycles. The van der Waals surface area contributed by atoms with Crippen LogP contribution < -0.4 is 16.6 Å². The maximum Gasteiger partial charge on any atom is 0.255 e. The van der Waals surface area contributed by atoms with E-state index in [1.54, 1.807) is 12.3 Å². The van der Waals surface area contributed by atoms with Gasteiger partial charge in [0.25, 0.3) is 5.91 Å². The topological polar surface area (TPSA) is 80.0 Å². The lowest BCUT2D eigenvalue weighted by atomic mass is 10.2. The van der Waals surface area contributed by atoms with Gasteiger partial charge in [0.05, 0.1) is 5.56 Å². The highest BCUT2D eigenvalue weighted by Gasteiger charge is 2.36. The van der Waals surface area contributed by atoms with E-state index < -0.39 is 0 Å². The molecule has 4 N–H and O–H groups in total. The summed E-state index contributed by atoms with van der Waals surface area (Å²) in [6, 6.07) is 2.01. The van der Waals surface area contributed by atoms with E-state index in [9.17, 15) is 4.79 Å². The van der Waals surface area contributed by atoms with Crippen molar-refractivity contribution in [2.24, 2.45) is 11.8 Å². The Morgan fingerprint density at radius 1 is 1.71 bits per heavy atom. The number of halogens is 1. The largest absolute Gasteiger partial charge is 0.349 e. The molecule has 2 rings (SSSR count). The minimum Gasteiger partial charge on any atom is -0.349 e. The van der Waals surface area contributed by atoms with E-state index in [4.69, 9.17) is 5.84 Å². The first-order valence-electron chi connectivity index (χ1n) is 5.58. The molecule has 1 aliphatic rings. The number of amides is 1. The maximum absolute atomic E-state index is 12.0. The number of nitrogens with two attached hydrogens (primary N) is 1. The van der Waals surface area contributed by atoms with Gasteiger partial charge in [-0.15, -0.1) is 0 Å². The third-order valence-electron chi connectivity index (χ3n) is 3.00. The number of nitrogens with one attached hydrogen (secondary N) is 2. The summed E-state index contributed by atoms with van der Waals surface area (Å²) in [5, 5.41) is 2.98. The van der Waals surface area contributed by atoms with E-state index in [1.807, 2.05) is 0 Å². The third kappa shape index (κ3) is 2.76. The Morgan fingerprint density at radius 3 is 3.06 bits per heavy atom. The second kappa shape index (κ2) is 5.01. The summed E-state index contributed by atoms with van der Waals surface area (Å²) in [5.74, 6) is 6.21. The van der Waals surface area contributed by atoms with Gasteiger partial charge in [-0.05, 0) is 34.3 Å². The van der Waals surface area contributed by atoms with Crippen molar-refractivity contribution in [1.29, 1.82) is 0 Å². The van der Waals surface area contributed by atoms with Crippen LogP contribution in [0.5, 0.6) is 0 Å². The fraction of sp³-hybridized carbons (Fsp3) is 0.455. The third-order valence-corrected chi connectivity index (χ3v) is 3.43. The number of nitrogen functional groups attached to an aromatic ring is 1. The van der Waals surface area contributed by atoms with Gasteiger partial charge < -0.3 is 10.7 Å². The van der Waals surface area contributed by atoms with E-state index in [1.165, 1.54) is 0 Å². The van der Waals surface area contributed by atoms with Crippen molar-refractivity contribution in [2.45, 2.75) is 25.8 Å². The molecule has 1 amide bonds. The first kappa shape index (κ1) is 12.3. The van der Waals surface area contributed by atoms with E-state index in [2.05, 4.69) is 38.6 Å². The Labute approximate surface area is 108 Å². The van der Waals surface area contributed by atoms with Crippen molar-refractivity contribution in [3.8, 4) is 0 Å². The first-order valence-corrected chi connectivity index (χ1v) is 6.38. The Morgan fingerprint density at radius 2 is 2.47 bits per heavy atom. The van der Waals surface area contributed by atoms with Crippen LogP contribution in [0.1, 0.15) is 30.1 Å². The number of carbonyl (C=O) groups excluding carboxylic acids is 1. The summed E-state index contributed by atoms with van der Waals surface area (Å²) >= 11 is 3.29. The predicted molar refractivity (Wildman–Crippen MR) is 69.4 cm³/mol. The lowest BCUT2D eigenvalue weighted by Gasteiger charge is -2.09. The SMILES string of the molecule is CCC1CC1NC(=O)c1cc(Br)cnc1NN. The number of hydrogen-bond acceptors (Lipinski definition) is 4. The monoisotopic (exact) mass is 298 g/mol. The van der Waals surface area contributed by atoms with Gasteiger partial charge in [0.2, 0.25) is 0 Å². The molecular formula is C11H15BrN4O. The van der Waals surface area contributed by atoms with Crippen LogP contribution in [0.2, 0.25) is 0 Å². The number of pyridine rings is 1. The predicted octanol–water partition coefficient (Wildman–Crippen LogP) is 1.66. The summed E-state index contributed by atoms with van der Waals surface area (Å²) in [6.07, 6.45) is 3.76. The van der Waals surface area contributed by atoms with E-state index in [0.29, 0.717) is 23.3 Å². The highest BCUT2D eigenvalue weighted by atomic mass is 79.9. The zero-order valence-corrected chi connectivity index (χ0v) is 11.1. The second-order valence-electron chi connectivity index (χ2n) is 4.18. The lowest BCUT2D eigenvalue weighted by molar-refractivity contribution is 0.0949. The molecule has 0 aromatic carbocycles. The average Bonchev–Trinajstić information content (AvgIpc) is 3.07. The van der Waals surface area contributed by atoms with Crippen LogP contribution in [-0.4, -0.2) is 16.9 Å². The number of nitrogens with zero attached hydrogens (tertiary/aromatic N) is 1. The zero-order valence-electron chi connectivity index (χ0n) is 9.53. The molecular weight excluding hydrogens is 284 g/mol. The minimum atomic E-state index is -0.132. The average molecular weight is 299 g/mol. The van der Waals surface area contributed by atoms with Gasteiger partial charge in [0, 0.05) is 16.7 Å². The van der Waals surface area contributed by atoms with Crippen LogP contribution in [0.3, 0.4) is 0 Å². The van der Waals surface area contributed by atoms with Gasteiger partial charge in [-0.25, -0.2) is 10.8 Å². The van der Waals surface area contributed by atoms with Crippen LogP contribution in [0.15, 0.2) is 16.7 Å². The van der Waals surface area contributed by atoms with Crippen molar-refractivity contribution in [3.63, 3.8) is 0 Å². The minimum absolute atomic E-state index is 0.132. The van der Waals surface area contributed by atoms with Crippen LogP contribution in [-0.2, 0) is 0 Å². The van der Waals surface area contributed by atoms with Crippen LogP contribution in [0.4, 0.5) is 5.82 Å². The number of hydrogen-bond donors (Lipinski definition) is 3. The summed E-state index contributed by atoms with van der Waals surface area (Å²) < 4.78 is 0.754. The number of carbonyl (C=O) groups is 1. The fourth-order valence-electron chi connectivity index (χ4n) is 1.85. The van der Waals surface area contributed by atoms with Crippen molar-refractivity contribution in [3.05, 3.63) is 22.3 Å². The van der Waals surface area contributed by atoms with Crippen molar-refractivity contribution >= 4 is 27.7 Å². The molecule has 1 aromatic heterocycles. The van der Waals surface area contributed by atoms with E-state index in [-0.39, 0.29) is 5.91 Å². The Balaban J connectivity index is 2.10. The number of anilines is 1. The highest BCUT2D eigenvalue weighted by molar-refractivity contribution is 9.10. The highest BCUT2D eigenvalue weighted by Crippen LogP contribution is 2.33. The van der Waals surface area contributed by atoms with Crippen molar-refractivity contribution in [2.75, 3.05) is 5.43 Å². The quantitative estimate of drug-likeness (QED) is 0.583. The molecule has 2 atom stereocenters. The van der Waals surface area contributed by atoms with Gasteiger partial charge in [-0.2, -0.15) is 0 Å². The molecule has 2 unspecified atom stereocenters. The molecule has 0 bridgehead atoms. The van der Waals surface area contributed by atoms with Gasteiger partial charge in [-0.1, -0.05) is 13.3 Å². The molecule has 1 aliphatic carbocycles.